The van der Waals surface area contributed by atoms with Gasteiger partial charge in [0.2, 0.25) is 0 Å². The number of rotatable bonds is 3. The normalized spacial score (nSPS) is 12.9. The van der Waals surface area contributed by atoms with Gasteiger partial charge in [-0.15, -0.1) is 0 Å². The first kappa shape index (κ1) is 16.2. The van der Waals surface area contributed by atoms with E-state index >= 15 is 0 Å². The van der Waals surface area contributed by atoms with Gasteiger partial charge in [-0.1, -0.05) is 6.07 Å². The number of hydrogen-bond donors (Lipinski definition) is 1. The van der Waals surface area contributed by atoms with E-state index in [-0.39, 0.29) is 11.8 Å². The van der Waals surface area contributed by atoms with Gasteiger partial charge in [0, 0.05) is 17.9 Å². The Bertz CT molecular complexity index is 985. The van der Waals surface area contributed by atoms with E-state index in [0.717, 1.165) is 17.7 Å². The summed E-state index contributed by atoms with van der Waals surface area (Å²) < 4.78 is 10.6. The topological polar surface area (TPSA) is 75.7 Å². The van der Waals surface area contributed by atoms with Gasteiger partial charge in [0.1, 0.15) is 11.5 Å². The molecule has 132 valence electrons. The maximum atomic E-state index is 12.6. The van der Waals surface area contributed by atoms with Gasteiger partial charge in [-0.25, -0.2) is 0 Å². The van der Waals surface area contributed by atoms with Crippen molar-refractivity contribution in [2.45, 2.75) is 20.3 Å². The summed E-state index contributed by atoms with van der Waals surface area (Å²) in [4.78, 5) is 26.8. The van der Waals surface area contributed by atoms with Crippen molar-refractivity contribution in [3.8, 4) is 0 Å². The minimum absolute atomic E-state index is 0.182. The fraction of sp³-hybridized carbons (Fsp3) is 0.200. The second-order valence-corrected chi connectivity index (χ2v) is 6.31. The molecule has 0 spiro atoms. The van der Waals surface area contributed by atoms with Crippen LogP contribution in [0.5, 0.6) is 0 Å². The SMILES string of the molecule is Cc1cc(C(=O)Nc2ccc3c(c2)N(C(=O)c2ccco2)CC3)c(C)o1. The van der Waals surface area contributed by atoms with Crippen LogP contribution in [0.3, 0.4) is 0 Å². The highest BCUT2D eigenvalue weighted by Crippen LogP contribution is 2.32. The van der Waals surface area contributed by atoms with E-state index in [1.165, 1.54) is 6.26 Å². The zero-order valence-corrected chi connectivity index (χ0v) is 14.5. The van der Waals surface area contributed by atoms with Crippen LogP contribution in [0, 0.1) is 13.8 Å². The Morgan fingerprint density at radius 2 is 2.00 bits per heavy atom. The van der Waals surface area contributed by atoms with Gasteiger partial charge in [0.05, 0.1) is 11.8 Å². The van der Waals surface area contributed by atoms with E-state index in [9.17, 15) is 9.59 Å². The van der Waals surface area contributed by atoms with Crippen LogP contribution in [-0.2, 0) is 6.42 Å². The number of carbonyl (C=O) groups excluding carboxylic acids is 2. The third-order valence-corrected chi connectivity index (χ3v) is 4.50. The third-order valence-electron chi connectivity index (χ3n) is 4.50. The van der Waals surface area contributed by atoms with Crippen molar-refractivity contribution in [1.82, 2.24) is 0 Å². The van der Waals surface area contributed by atoms with E-state index in [2.05, 4.69) is 5.32 Å². The summed E-state index contributed by atoms with van der Waals surface area (Å²) in [6.07, 6.45) is 2.26. The predicted molar refractivity (Wildman–Crippen MR) is 96.7 cm³/mol. The average Bonchev–Trinajstić information content (AvgIpc) is 3.33. The van der Waals surface area contributed by atoms with Gasteiger partial charge in [-0.2, -0.15) is 0 Å². The molecule has 3 aromatic rings. The van der Waals surface area contributed by atoms with Crippen LogP contribution in [0.4, 0.5) is 11.4 Å². The van der Waals surface area contributed by atoms with Gasteiger partial charge in [-0.05, 0) is 56.2 Å². The maximum Gasteiger partial charge on any atom is 0.293 e. The summed E-state index contributed by atoms with van der Waals surface area (Å²) >= 11 is 0. The van der Waals surface area contributed by atoms with E-state index in [1.807, 2.05) is 18.2 Å². The second-order valence-electron chi connectivity index (χ2n) is 6.31. The van der Waals surface area contributed by atoms with Crippen LogP contribution in [-0.4, -0.2) is 18.4 Å². The number of hydrogen-bond acceptors (Lipinski definition) is 4. The molecule has 0 aliphatic carbocycles. The first-order valence-corrected chi connectivity index (χ1v) is 8.39. The molecule has 6 nitrogen and oxygen atoms in total. The van der Waals surface area contributed by atoms with Crippen LogP contribution in [0.1, 0.15) is 38.0 Å². The molecule has 1 aliphatic rings. The number of benzene rings is 1. The molecule has 0 atom stereocenters. The van der Waals surface area contributed by atoms with E-state index in [0.29, 0.717) is 35.1 Å². The van der Waals surface area contributed by atoms with Gasteiger partial charge in [0.15, 0.2) is 5.76 Å². The summed E-state index contributed by atoms with van der Waals surface area (Å²) in [6.45, 7) is 4.15. The summed E-state index contributed by atoms with van der Waals surface area (Å²) in [6, 6.07) is 10.7. The first-order chi connectivity index (χ1) is 12.5. The molecule has 3 heterocycles. The minimum atomic E-state index is -0.235. The molecule has 0 fully saturated rings. The van der Waals surface area contributed by atoms with E-state index in [1.54, 1.807) is 36.9 Å². The Labute approximate surface area is 150 Å². The van der Waals surface area contributed by atoms with Crippen molar-refractivity contribution in [1.29, 1.82) is 0 Å². The molecule has 0 bridgehead atoms. The van der Waals surface area contributed by atoms with Crippen LogP contribution < -0.4 is 10.2 Å². The number of anilines is 2. The molecule has 0 saturated heterocycles. The summed E-state index contributed by atoms with van der Waals surface area (Å²) in [7, 11) is 0. The number of furan rings is 2. The van der Waals surface area contributed by atoms with Crippen molar-refractivity contribution in [2.75, 3.05) is 16.8 Å². The van der Waals surface area contributed by atoms with Crippen molar-refractivity contribution in [3.05, 3.63) is 71.1 Å². The molecule has 6 heteroatoms. The standard InChI is InChI=1S/C20H18N2O4/c1-12-10-16(13(2)26-12)19(23)21-15-6-5-14-7-8-22(17(14)11-15)20(24)18-4-3-9-25-18/h3-6,9-11H,7-8H2,1-2H3,(H,21,23). The largest absolute Gasteiger partial charge is 0.466 e. The molecule has 26 heavy (non-hydrogen) atoms. The van der Waals surface area contributed by atoms with Gasteiger partial charge >= 0.3 is 0 Å². The molecule has 1 aromatic carbocycles. The molecule has 0 unspecified atom stereocenters. The third kappa shape index (κ3) is 2.79. The molecule has 2 aromatic heterocycles. The Morgan fingerprint density at radius 1 is 1.15 bits per heavy atom. The van der Waals surface area contributed by atoms with Crippen LogP contribution in [0.2, 0.25) is 0 Å². The second kappa shape index (κ2) is 6.22. The van der Waals surface area contributed by atoms with Crippen LogP contribution >= 0.6 is 0 Å². The highest BCUT2D eigenvalue weighted by Gasteiger charge is 2.27. The number of nitrogens with zero attached hydrogens (tertiary/aromatic N) is 1. The monoisotopic (exact) mass is 350 g/mol. The molecule has 4 rings (SSSR count). The Hall–Kier alpha value is -3.28. The van der Waals surface area contributed by atoms with Crippen molar-refractivity contribution < 1.29 is 18.4 Å². The fourth-order valence-corrected chi connectivity index (χ4v) is 3.26. The van der Waals surface area contributed by atoms with Gasteiger partial charge in [-0.3, -0.25) is 9.59 Å². The number of amides is 2. The molecular formula is C20H18N2O4. The summed E-state index contributed by atoms with van der Waals surface area (Å²) in [5.74, 6) is 1.16. The van der Waals surface area contributed by atoms with Crippen molar-refractivity contribution in [3.63, 3.8) is 0 Å². The Balaban J connectivity index is 1.59. The van der Waals surface area contributed by atoms with Gasteiger partial charge in [0.25, 0.3) is 11.8 Å². The average molecular weight is 350 g/mol. The molecule has 1 aliphatic heterocycles. The highest BCUT2D eigenvalue weighted by molar-refractivity contribution is 6.07. The summed E-state index contributed by atoms with van der Waals surface area (Å²) in [5, 5.41) is 2.88. The Kier molecular flexibility index (Phi) is 3.88. The van der Waals surface area contributed by atoms with Crippen LogP contribution in [0.25, 0.3) is 0 Å². The quantitative estimate of drug-likeness (QED) is 0.776. The molecule has 0 saturated carbocycles. The van der Waals surface area contributed by atoms with Crippen molar-refractivity contribution >= 4 is 23.2 Å². The Morgan fingerprint density at radius 3 is 2.69 bits per heavy atom. The summed E-state index contributed by atoms with van der Waals surface area (Å²) in [5.41, 5.74) is 3.00. The van der Waals surface area contributed by atoms with Gasteiger partial charge < -0.3 is 19.1 Å². The molecular weight excluding hydrogens is 332 g/mol. The lowest BCUT2D eigenvalue weighted by atomic mass is 10.1. The highest BCUT2D eigenvalue weighted by atomic mass is 16.3. The maximum absolute atomic E-state index is 12.6. The zero-order valence-electron chi connectivity index (χ0n) is 14.5. The fourth-order valence-electron chi connectivity index (χ4n) is 3.26. The molecule has 2 amide bonds. The number of carbonyl (C=O) groups is 2. The molecule has 0 radical (unpaired) electrons. The smallest absolute Gasteiger partial charge is 0.293 e. The van der Waals surface area contributed by atoms with Crippen molar-refractivity contribution in [2.24, 2.45) is 0 Å². The number of nitrogens with one attached hydrogen (secondary N) is 1. The lowest BCUT2D eigenvalue weighted by Crippen LogP contribution is -2.28. The van der Waals surface area contributed by atoms with E-state index < -0.39 is 0 Å². The lowest BCUT2D eigenvalue weighted by molar-refractivity contribution is 0.0962. The zero-order chi connectivity index (χ0) is 18.3. The lowest BCUT2D eigenvalue weighted by Gasteiger charge is -2.17. The number of fused-ring (bicyclic) bond motifs is 1. The first-order valence-electron chi connectivity index (χ1n) is 8.39. The van der Waals surface area contributed by atoms with Crippen LogP contribution in [0.15, 0.2) is 51.5 Å². The van der Waals surface area contributed by atoms with E-state index in [4.69, 9.17) is 8.83 Å². The minimum Gasteiger partial charge on any atom is -0.466 e. The molecule has 1 N–H and O–H groups in total. The predicted octanol–water partition coefficient (Wildman–Crippen LogP) is 3.94. The number of aryl methyl sites for hydroxylation is 2.